The second-order valence-electron chi connectivity index (χ2n) is 6.40. The SMILES string of the molecule is CCCCCCCCCCCCCCCC[C@H](O)CC#N. The molecule has 0 unspecified atom stereocenters. The van der Waals surface area contributed by atoms with Gasteiger partial charge in [-0.15, -0.1) is 0 Å². The van der Waals surface area contributed by atoms with Gasteiger partial charge in [-0.2, -0.15) is 5.26 Å². The van der Waals surface area contributed by atoms with Crippen molar-refractivity contribution < 1.29 is 5.11 Å². The van der Waals surface area contributed by atoms with E-state index in [0.717, 1.165) is 12.8 Å². The van der Waals surface area contributed by atoms with Gasteiger partial charge in [-0.25, -0.2) is 0 Å². The molecule has 0 saturated heterocycles. The fourth-order valence-electron chi connectivity index (χ4n) is 2.78. The molecule has 0 rings (SSSR count). The van der Waals surface area contributed by atoms with Gasteiger partial charge in [-0.05, 0) is 6.42 Å². The number of nitriles is 1. The Hall–Kier alpha value is -0.550. The molecule has 0 aliphatic carbocycles. The minimum Gasteiger partial charge on any atom is -0.392 e. The zero-order valence-corrected chi connectivity index (χ0v) is 14.3. The van der Waals surface area contributed by atoms with Crippen molar-refractivity contribution in [2.24, 2.45) is 0 Å². The summed E-state index contributed by atoms with van der Waals surface area (Å²) >= 11 is 0. The van der Waals surface area contributed by atoms with Gasteiger partial charge in [-0.1, -0.05) is 96.8 Å². The molecule has 21 heavy (non-hydrogen) atoms. The van der Waals surface area contributed by atoms with E-state index in [-0.39, 0.29) is 0 Å². The first-order valence-corrected chi connectivity index (χ1v) is 9.36. The van der Waals surface area contributed by atoms with E-state index >= 15 is 0 Å². The summed E-state index contributed by atoms with van der Waals surface area (Å²) < 4.78 is 0. The molecule has 0 aliphatic heterocycles. The van der Waals surface area contributed by atoms with Crippen LogP contribution in [0, 0.1) is 11.3 Å². The standard InChI is InChI=1S/C19H37NO/c1-2-3-4-5-6-7-8-9-10-11-12-13-14-15-16-19(21)17-18-20/h19,21H,2-17H2,1H3/t19-/m0/s1. The molecule has 1 N–H and O–H groups in total. The molecule has 2 heteroatoms. The van der Waals surface area contributed by atoms with Crippen molar-refractivity contribution in [3.05, 3.63) is 0 Å². The summed E-state index contributed by atoms with van der Waals surface area (Å²) in [6.07, 6.45) is 19.7. The Morgan fingerprint density at radius 3 is 1.48 bits per heavy atom. The zero-order valence-electron chi connectivity index (χ0n) is 14.3. The monoisotopic (exact) mass is 295 g/mol. The molecule has 0 spiro atoms. The van der Waals surface area contributed by atoms with Crippen LogP contribution in [-0.4, -0.2) is 11.2 Å². The van der Waals surface area contributed by atoms with E-state index in [1.165, 1.54) is 83.5 Å². The minimum absolute atomic E-state index is 0.290. The van der Waals surface area contributed by atoms with Crippen LogP contribution in [0.1, 0.15) is 110 Å². The normalized spacial score (nSPS) is 12.2. The predicted molar refractivity (Wildman–Crippen MR) is 91.2 cm³/mol. The van der Waals surface area contributed by atoms with E-state index in [1.54, 1.807) is 0 Å². The average molecular weight is 296 g/mol. The van der Waals surface area contributed by atoms with Gasteiger partial charge in [0, 0.05) is 0 Å². The van der Waals surface area contributed by atoms with Crippen LogP contribution >= 0.6 is 0 Å². The Balaban J connectivity index is 3.01. The molecule has 0 heterocycles. The maximum absolute atomic E-state index is 9.42. The molecular weight excluding hydrogens is 258 g/mol. The van der Waals surface area contributed by atoms with Crippen LogP contribution in [0.25, 0.3) is 0 Å². The molecule has 0 aliphatic rings. The highest BCUT2D eigenvalue weighted by Gasteiger charge is 2.02. The number of aliphatic hydroxyl groups is 1. The van der Waals surface area contributed by atoms with Gasteiger partial charge < -0.3 is 5.11 Å². The predicted octanol–water partition coefficient (Wildman–Crippen LogP) is 6.13. The highest BCUT2D eigenvalue weighted by atomic mass is 16.3. The van der Waals surface area contributed by atoms with Crippen LogP contribution in [0.15, 0.2) is 0 Å². The molecule has 124 valence electrons. The van der Waals surface area contributed by atoms with E-state index in [4.69, 9.17) is 5.26 Å². The van der Waals surface area contributed by atoms with Crippen LogP contribution in [0.5, 0.6) is 0 Å². The molecule has 2 nitrogen and oxygen atoms in total. The van der Waals surface area contributed by atoms with Crippen LogP contribution in [0.3, 0.4) is 0 Å². The molecule has 0 saturated carbocycles. The molecule has 0 aromatic heterocycles. The maximum Gasteiger partial charge on any atom is 0.0670 e. The van der Waals surface area contributed by atoms with Gasteiger partial charge in [0.15, 0.2) is 0 Å². The van der Waals surface area contributed by atoms with Crippen molar-refractivity contribution in [2.75, 3.05) is 0 Å². The number of hydrogen-bond acceptors (Lipinski definition) is 2. The van der Waals surface area contributed by atoms with Crippen molar-refractivity contribution >= 4 is 0 Å². The van der Waals surface area contributed by atoms with Gasteiger partial charge in [0.2, 0.25) is 0 Å². The Morgan fingerprint density at radius 2 is 1.10 bits per heavy atom. The number of rotatable bonds is 16. The van der Waals surface area contributed by atoms with Crippen LogP contribution < -0.4 is 0 Å². The summed E-state index contributed by atoms with van der Waals surface area (Å²) in [5.41, 5.74) is 0. The molecular formula is C19H37NO. The Labute approximate surface area is 132 Å². The van der Waals surface area contributed by atoms with E-state index < -0.39 is 6.10 Å². The quantitative estimate of drug-likeness (QED) is 0.348. The summed E-state index contributed by atoms with van der Waals surface area (Å²) in [6.45, 7) is 2.27. The van der Waals surface area contributed by atoms with Gasteiger partial charge in [-0.3, -0.25) is 0 Å². The van der Waals surface area contributed by atoms with Gasteiger partial charge >= 0.3 is 0 Å². The van der Waals surface area contributed by atoms with Crippen molar-refractivity contribution in [3.63, 3.8) is 0 Å². The summed E-state index contributed by atoms with van der Waals surface area (Å²) in [5, 5.41) is 17.9. The van der Waals surface area contributed by atoms with E-state index in [0.29, 0.717) is 6.42 Å². The van der Waals surface area contributed by atoms with E-state index in [2.05, 4.69) is 6.92 Å². The third-order valence-corrected chi connectivity index (χ3v) is 4.22. The summed E-state index contributed by atoms with van der Waals surface area (Å²) in [4.78, 5) is 0. The fraction of sp³-hybridized carbons (Fsp3) is 0.947. The topological polar surface area (TPSA) is 44.0 Å². The first-order valence-electron chi connectivity index (χ1n) is 9.36. The molecule has 0 fully saturated rings. The van der Waals surface area contributed by atoms with Crippen LogP contribution in [0.4, 0.5) is 0 Å². The summed E-state index contributed by atoms with van der Waals surface area (Å²) in [6, 6.07) is 2.02. The number of aliphatic hydroxyl groups excluding tert-OH is 1. The van der Waals surface area contributed by atoms with Gasteiger partial charge in [0.05, 0.1) is 18.6 Å². The lowest BCUT2D eigenvalue weighted by atomic mass is 10.0. The minimum atomic E-state index is -0.396. The Kier molecular flexibility index (Phi) is 17.0. The molecule has 0 radical (unpaired) electrons. The van der Waals surface area contributed by atoms with Crippen molar-refractivity contribution in [1.82, 2.24) is 0 Å². The lowest BCUT2D eigenvalue weighted by molar-refractivity contribution is 0.165. The largest absolute Gasteiger partial charge is 0.392 e. The first-order chi connectivity index (χ1) is 10.3. The Bertz CT molecular complexity index is 234. The van der Waals surface area contributed by atoms with Crippen LogP contribution in [0.2, 0.25) is 0 Å². The van der Waals surface area contributed by atoms with Crippen molar-refractivity contribution in [1.29, 1.82) is 5.26 Å². The third kappa shape index (κ3) is 17.4. The number of hydrogen-bond donors (Lipinski definition) is 1. The third-order valence-electron chi connectivity index (χ3n) is 4.22. The molecule has 0 bridgehead atoms. The first kappa shape index (κ1) is 20.5. The lowest BCUT2D eigenvalue weighted by Gasteiger charge is -2.06. The van der Waals surface area contributed by atoms with Crippen molar-refractivity contribution in [3.8, 4) is 6.07 Å². The Morgan fingerprint density at radius 1 is 0.714 bits per heavy atom. The van der Waals surface area contributed by atoms with E-state index in [9.17, 15) is 5.11 Å². The molecule has 0 aromatic carbocycles. The smallest absolute Gasteiger partial charge is 0.0670 e. The van der Waals surface area contributed by atoms with Crippen molar-refractivity contribution in [2.45, 2.75) is 116 Å². The highest BCUT2D eigenvalue weighted by Crippen LogP contribution is 2.14. The fourth-order valence-corrected chi connectivity index (χ4v) is 2.78. The van der Waals surface area contributed by atoms with E-state index in [1.807, 2.05) is 6.07 Å². The van der Waals surface area contributed by atoms with Gasteiger partial charge in [0.1, 0.15) is 0 Å². The number of nitrogens with zero attached hydrogens (tertiary/aromatic N) is 1. The molecule has 0 amide bonds. The zero-order chi connectivity index (χ0) is 15.6. The number of unbranched alkanes of at least 4 members (excludes halogenated alkanes) is 13. The average Bonchev–Trinajstić information content (AvgIpc) is 2.48. The molecule has 1 atom stereocenters. The lowest BCUT2D eigenvalue weighted by Crippen LogP contribution is -2.04. The van der Waals surface area contributed by atoms with Gasteiger partial charge in [0.25, 0.3) is 0 Å². The summed E-state index contributed by atoms with van der Waals surface area (Å²) in [5.74, 6) is 0. The summed E-state index contributed by atoms with van der Waals surface area (Å²) in [7, 11) is 0. The second-order valence-corrected chi connectivity index (χ2v) is 6.40. The molecule has 0 aromatic rings. The maximum atomic E-state index is 9.42. The van der Waals surface area contributed by atoms with Crippen LogP contribution in [-0.2, 0) is 0 Å². The second kappa shape index (κ2) is 17.5. The highest BCUT2D eigenvalue weighted by molar-refractivity contribution is 4.74.